The van der Waals surface area contributed by atoms with Crippen LogP contribution in [0.1, 0.15) is 10.4 Å². The topological polar surface area (TPSA) is 93.1 Å². The van der Waals surface area contributed by atoms with Crippen LogP contribution < -0.4 is 4.90 Å². The largest absolute Gasteiger partial charge is 0.465 e. The second-order valence-corrected chi connectivity index (χ2v) is 6.11. The molecule has 2 fully saturated rings. The van der Waals surface area contributed by atoms with Crippen molar-refractivity contribution in [3.63, 3.8) is 0 Å². The number of anilines is 1. The smallest absolute Gasteiger partial charge is 0.337 e. The van der Waals surface area contributed by atoms with E-state index in [1.807, 2.05) is 0 Å². The number of amides is 2. The van der Waals surface area contributed by atoms with Gasteiger partial charge in [-0.3, -0.25) is 9.59 Å². The third-order valence-corrected chi connectivity index (χ3v) is 4.93. The van der Waals surface area contributed by atoms with Crippen LogP contribution in [0.2, 0.25) is 0 Å². The highest BCUT2D eigenvalue weighted by molar-refractivity contribution is 6.23. The molecule has 0 saturated carbocycles. The van der Waals surface area contributed by atoms with Gasteiger partial charge >= 0.3 is 5.97 Å². The van der Waals surface area contributed by atoms with Crippen molar-refractivity contribution in [2.75, 3.05) is 18.6 Å². The molecular weight excluding hydrogens is 314 g/mol. The first-order chi connectivity index (χ1) is 11.5. The molecule has 4 unspecified atom stereocenters. The van der Waals surface area contributed by atoms with E-state index in [1.165, 1.54) is 13.2 Å². The molecule has 7 heteroatoms. The van der Waals surface area contributed by atoms with E-state index in [9.17, 15) is 19.5 Å². The average molecular weight is 329 g/mol. The number of hydrogen-bond acceptors (Lipinski definition) is 6. The van der Waals surface area contributed by atoms with E-state index in [0.717, 1.165) is 4.90 Å². The minimum atomic E-state index is -1.13. The van der Waals surface area contributed by atoms with Crippen LogP contribution in [0.25, 0.3) is 0 Å². The Hall–Kier alpha value is -2.51. The van der Waals surface area contributed by atoms with Crippen molar-refractivity contribution in [1.29, 1.82) is 0 Å². The maximum Gasteiger partial charge on any atom is 0.337 e. The minimum absolute atomic E-state index is 0.252. The third kappa shape index (κ3) is 1.76. The summed E-state index contributed by atoms with van der Waals surface area (Å²) >= 11 is 0. The Balaban J connectivity index is 1.73. The number of esters is 1. The Morgan fingerprint density at radius 1 is 1.38 bits per heavy atom. The van der Waals surface area contributed by atoms with Gasteiger partial charge in [0.1, 0.15) is 5.60 Å². The quantitative estimate of drug-likeness (QED) is 0.486. The van der Waals surface area contributed by atoms with Gasteiger partial charge in [-0.15, -0.1) is 0 Å². The molecule has 4 rings (SSSR count). The van der Waals surface area contributed by atoms with E-state index in [2.05, 4.69) is 4.74 Å². The van der Waals surface area contributed by atoms with Crippen LogP contribution in [-0.4, -0.2) is 48.3 Å². The van der Waals surface area contributed by atoms with Crippen molar-refractivity contribution in [2.24, 2.45) is 11.8 Å². The van der Waals surface area contributed by atoms with Gasteiger partial charge in [0.15, 0.2) is 0 Å². The monoisotopic (exact) mass is 329 g/mol. The molecule has 2 amide bonds. The first-order valence-electron chi connectivity index (χ1n) is 7.56. The minimum Gasteiger partial charge on any atom is -0.465 e. The van der Waals surface area contributed by atoms with Gasteiger partial charge < -0.3 is 14.6 Å². The molecule has 0 aromatic heterocycles. The molecule has 2 bridgehead atoms. The molecule has 24 heavy (non-hydrogen) atoms. The highest BCUT2D eigenvalue weighted by Crippen LogP contribution is 2.52. The van der Waals surface area contributed by atoms with E-state index in [1.54, 1.807) is 30.4 Å². The van der Waals surface area contributed by atoms with E-state index < -0.39 is 35.4 Å². The molecule has 1 aromatic carbocycles. The summed E-state index contributed by atoms with van der Waals surface area (Å²) in [7, 11) is 1.26. The molecular formula is C17H15NO6. The Labute approximate surface area is 137 Å². The van der Waals surface area contributed by atoms with Crippen LogP contribution in [0.5, 0.6) is 0 Å². The number of fused-ring (bicyclic) bond motifs is 5. The van der Waals surface area contributed by atoms with Gasteiger partial charge in [0.25, 0.3) is 0 Å². The van der Waals surface area contributed by atoms with Crippen molar-refractivity contribution in [3.05, 3.63) is 42.0 Å². The van der Waals surface area contributed by atoms with E-state index in [0.29, 0.717) is 5.69 Å². The molecule has 124 valence electrons. The number of hydrogen-bond donors (Lipinski definition) is 1. The van der Waals surface area contributed by atoms with Crippen LogP contribution in [0.4, 0.5) is 5.69 Å². The Morgan fingerprint density at radius 3 is 2.88 bits per heavy atom. The Bertz CT molecular complexity index is 787. The zero-order valence-corrected chi connectivity index (χ0v) is 12.8. The van der Waals surface area contributed by atoms with E-state index in [-0.39, 0.29) is 18.1 Å². The summed E-state index contributed by atoms with van der Waals surface area (Å²) in [6.07, 6.45) is 2.88. The number of carbonyl (C=O) groups is 3. The normalized spacial score (nSPS) is 33.2. The number of methoxy groups -OCH3 is 1. The maximum absolute atomic E-state index is 12.9. The number of ether oxygens (including phenoxy) is 2. The predicted molar refractivity (Wildman–Crippen MR) is 81.1 cm³/mol. The van der Waals surface area contributed by atoms with Crippen LogP contribution in [0.3, 0.4) is 0 Å². The lowest BCUT2D eigenvalue weighted by Crippen LogP contribution is -2.43. The molecule has 7 nitrogen and oxygen atoms in total. The predicted octanol–water partition coefficient (Wildman–Crippen LogP) is 0.278. The molecule has 3 heterocycles. The summed E-state index contributed by atoms with van der Waals surface area (Å²) in [6, 6.07) is 6.17. The van der Waals surface area contributed by atoms with Crippen molar-refractivity contribution in [2.45, 2.75) is 11.7 Å². The fourth-order valence-electron chi connectivity index (χ4n) is 3.83. The molecule has 3 aliphatic rings. The van der Waals surface area contributed by atoms with Crippen molar-refractivity contribution in [3.8, 4) is 0 Å². The SMILES string of the molecule is COC(=O)c1cccc(N2C(=O)C3C4C=CC(CO)(O4)C3C2=O)c1. The summed E-state index contributed by atoms with van der Waals surface area (Å²) < 4.78 is 10.3. The lowest BCUT2D eigenvalue weighted by atomic mass is 9.77. The fraction of sp³-hybridized carbons (Fsp3) is 0.353. The number of nitrogens with zero attached hydrogens (tertiary/aromatic N) is 1. The van der Waals surface area contributed by atoms with Crippen LogP contribution in [0.15, 0.2) is 36.4 Å². The second kappa shape index (κ2) is 4.99. The van der Waals surface area contributed by atoms with Crippen LogP contribution in [0, 0.1) is 11.8 Å². The summed E-state index contributed by atoms with van der Waals surface area (Å²) in [5, 5.41) is 9.68. The van der Waals surface area contributed by atoms with Crippen molar-refractivity contribution >= 4 is 23.5 Å². The summed E-state index contributed by atoms with van der Waals surface area (Å²) in [4.78, 5) is 38.4. The number of carbonyl (C=O) groups excluding carboxylic acids is 3. The number of aliphatic hydroxyl groups excluding tert-OH is 1. The van der Waals surface area contributed by atoms with Gasteiger partial charge in [-0.05, 0) is 18.2 Å². The highest BCUT2D eigenvalue weighted by atomic mass is 16.5. The second-order valence-electron chi connectivity index (χ2n) is 6.11. The van der Waals surface area contributed by atoms with E-state index in [4.69, 9.17) is 4.74 Å². The molecule has 0 spiro atoms. The zero-order valence-electron chi connectivity index (χ0n) is 12.8. The lowest BCUT2D eigenvalue weighted by molar-refractivity contribution is -0.128. The van der Waals surface area contributed by atoms with Crippen LogP contribution >= 0.6 is 0 Å². The first kappa shape index (κ1) is 15.0. The Morgan fingerprint density at radius 2 is 2.17 bits per heavy atom. The number of aliphatic hydroxyl groups is 1. The molecule has 0 radical (unpaired) electrons. The Kier molecular flexibility index (Phi) is 3.13. The number of imide groups is 1. The van der Waals surface area contributed by atoms with Gasteiger partial charge in [0, 0.05) is 0 Å². The third-order valence-electron chi connectivity index (χ3n) is 4.93. The van der Waals surface area contributed by atoms with Gasteiger partial charge in [0.05, 0.1) is 42.9 Å². The standard InChI is InChI=1S/C17H15NO6/c1-23-16(22)9-3-2-4-10(7-9)18-14(20)12-11-5-6-17(8-19,24-11)13(12)15(18)21/h2-7,11-13,19H,8H2,1H3. The van der Waals surface area contributed by atoms with Gasteiger partial charge in [-0.25, -0.2) is 9.69 Å². The lowest BCUT2D eigenvalue weighted by Gasteiger charge is -2.26. The summed E-state index contributed by atoms with van der Waals surface area (Å²) in [5.41, 5.74) is -0.562. The maximum atomic E-state index is 12.9. The van der Waals surface area contributed by atoms with Crippen molar-refractivity contribution < 1.29 is 29.0 Å². The van der Waals surface area contributed by atoms with Gasteiger partial charge in [-0.1, -0.05) is 18.2 Å². The molecule has 0 aliphatic carbocycles. The molecule has 1 N–H and O–H groups in total. The van der Waals surface area contributed by atoms with Crippen LogP contribution in [-0.2, 0) is 19.1 Å². The number of benzene rings is 1. The average Bonchev–Trinajstić information content (AvgIpc) is 3.25. The first-order valence-corrected chi connectivity index (χ1v) is 7.56. The number of rotatable bonds is 3. The summed E-state index contributed by atoms with van der Waals surface area (Å²) in [5.74, 6) is -2.74. The molecule has 3 aliphatic heterocycles. The fourth-order valence-corrected chi connectivity index (χ4v) is 3.83. The molecule has 2 saturated heterocycles. The molecule has 1 aromatic rings. The highest BCUT2D eigenvalue weighted by Gasteiger charge is 2.67. The molecule has 4 atom stereocenters. The van der Waals surface area contributed by atoms with Gasteiger partial charge in [0.2, 0.25) is 11.8 Å². The summed E-state index contributed by atoms with van der Waals surface area (Å²) in [6.45, 7) is -0.365. The zero-order chi connectivity index (χ0) is 17.1. The van der Waals surface area contributed by atoms with Crippen molar-refractivity contribution in [1.82, 2.24) is 0 Å². The van der Waals surface area contributed by atoms with E-state index >= 15 is 0 Å². The van der Waals surface area contributed by atoms with Gasteiger partial charge in [-0.2, -0.15) is 0 Å².